The van der Waals surface area contributed by atoms with Crippen LogP contribution in [0.2, 0.25) is 0 Å². The lowest BCUT2D eigenvalue weighted by molar-refractivity contribution is -0.144. The van der Waals surface area contributed by atoms with Crippen LogP contribution < -0.4 is 0 Å². The van der Waals surface area contributed by atoms with E-state index in [2.05, 4.69) is 4.98 Å². The van der Waals surface area contributed by atoms with Crippen LogP contribution in [0, 0.1) is 17.5 Å². The summed E-state index contributed by atoms with van der Waals surface area (Å²) in [5, 5.41) is 0. The summed E-state index contributed by atoms with van der Waals surface area (Å²) in [4.78, 5) is 2.71. The molecule has 0 fully saturated rings. The molecule has 0 bridgehead atoms. The van der Waals surface area contributed by atoms with Crippen LogP contribution in [0.1, 0.15) is 18.3 Å². The van der Waals surface area contributed by atoms with Gasteiger partial charge in [-0.2, -0.15) is 13.2 Å². The van der Waals surface area contributed by atoms with E-state index in [-0.39, 0.29) is 6.42 Å². The summed E-state index contributed by atoms with van der Waals surface area (Å²) < 4.78 is 74.4. The quantitative estimate of drug-likeness (QED) is 0.674. The molecule has 0 saturated carbocycles. The fourth-order valence-electron chi connectivity index (χ4n) is 0.982. The van der Waals surface area contributed by atoms with Crippen LogP contribution in [-0.4, -0.2) is 4.98 Å². The maximum Gasteiger partial charge on any atom is 0.436 e. The molecule has 1 rings (SSSR count). The highest BCUT2D eigenvalue weighted by Crippen LogP contribution is 2.31. The van der Waals surface area contributed by atoms with Crippen LogP contribution in [-0.2, 0) is 12.6 Å². The van der Waals surface area contributed by atoms with Crippen molar-refractivity contribution >= 4 is 0 Å². The summed E-state index contributed by atoms with van der Waals surface area (Å²) in [6.07, 6.45) is -5.39. The van der Waals surface area contributed by atoms with Crippen molar-refractivity contribution in [2.75, 3.05) is 0 Å². The molecule has 84 valence electrons. The molecule has 0 aromatic carbocycles. The molecule has 0 aliphatic rings. The first-order valence-corrected chi connectivity index (χ1v) is 3.89. The van der Waals surface area contributed by atoms with Crippen molar-refractivity contribution < 1.29 is 26.3 Å². The Hall–Kier alpha value is -1.27. The van der Waals surface area contributed by atoms with Gasteiger partial charge in [0, 0.05) is 0 Å². The Bertz CT molecular complexity index is 384. The summed E-state index contributed by atoms with van der Waals surface area (Å²) in [5.41, 5.74) is -2.78. The molecule has 0 aliphatic carbocycles. The van der Waals surface area contributed by atoms with Gasteiger partial charge in [0.2, 0.25) is 0 Å². The van der Waals surface area contributed by atoms with Crippen molar-refractivity contribution in [2.45, 2.75) is 19.5 Å². The van der Waals surface area contributed by atoms with E-state index >= 15 is 0 Å². The molecule has 0 unspecified atom stereocenters. The Balaban J connectivity index is 3.49. The van der Waals surface area contributed by atoms with Crippen LogP contribution in [0.3, 0.4) is 0 Å². The molecule has 0 amide bonds. The highest BCUT2D eigenvalue weighted by atomic mass is 19.4. The molecule has 0 atom stereocenters. The Labute approximate surface area is 80.7 Å². The van der Waals surface area contributed by atoms with Crippen molar-refractivity contribution in [2.24, 2.45) is 0 Å². The minimum absolute atomic E-state index is 0.258. The van der Waals surface area contributed by atoms with Gasteiger partial charge in [0.1, 0.15) is 0 Å². The van der Waals surface area contributed by atoms with E-state index in [0.717, 1.165) is 0 Å². The fourth-order valence-corrected chi connectivity index (χ4v) is 0.982. The average molecular weight is 229 g/mol. The lowest BCUT2D eigenvalue weighted by atomic mass is 10.2. The Morgan fingerprint density at radius 1 is 1.00 bits per heavy atom. The van der Waals surface area contributed by atoms with Gasteiger partial charge in [-0.3, -0.25) is 0 Å². The van der Waals surface area contributed by atoms with Crippen LogP contribution in [0.15, 0.2) is 0 Å². The molecule has 1 nitrogen and oxygen atoms in total. The molecule has 0 radical (unpaired) electrons. The summed E-state index contributed by atoms with van der Waals surface area (Å²) in [6.45, 7) is 1.28. The largest absolute Gasteiger partial charge is 0.436 e. The van der Waals surface area contributed by atoms with Crippen LogP contribution in [0.4, 0.5) is 26.3 Å². The number of alkyl halides is 3. The number of pyridine rings is 1. The minimum Gasteiger partial charge on any atom is -0.242 e. The molecule has 15 heavy (non-hydrogen) atoms. The Morgan fingerprint density at radius 3 is 1.93 bits per heavy atom. The van der Waals surface area contributed by atoms with Gasteiger partial charge in [0.15, 0.2) is 23.1 Å². The molecule has 7 heteroatoms. The van der Waals surface area contributed by atoms with E-state index in [1.54, 1.807) is 0 Å². The van der Waals surface area contributed by atoms with Gasteiger partial charge in [0.25, 0.3) is 0 Å². The van der Waals surface area contributed by atoms with Crippen LogP contribution in [0.25, 0.3) is 0 Å². The van der Waals surface area contributed by atoms with Crippen molar-refractivity contribution in [3.05, 3.63) is 28.8 Å². The van der Waals surface area contributed by atoms with E-state index in [9.17, 15) is 26.3 Å². The highest BCUT2D eigenvalue weighted by molar-refractivity contribution is 5.19. The first kappa shape index (κ1) is 11.8. The molecule has 0 N–H and O–H groups in total. The van der Waals surface area contributed by atoms with Crippen molar-refractivity contribution in [3.8, 4) is 0 Å². The molecular formula is C8H5F6N. The minimum atomic E-state index is -5.14. The molecule has 0 aliphatic heterocycles. The van der Waals surface area contributed by atoms with E-state index in [4.69, 9.17) is 0 Å². The smallest absolute Gasteiger partial charge is 0.242 e. The number of hydrogen-bond donors (Lipinski definition) is 0. The Morgan fingerprint density at radius 2 is 1.53 bits per heavy atom. The van der Waals surface area contributed by atoms with Gasteiger partial charge in [-0.1, -0.05) is 6.92 Å². The van der Waals surface area contributed by atoms with Crippen molar-refractivity contribution in [3.63, 3.8) is 0 Å². The van der Waals surface area contributed by atoms with E-state index < -0.39 is 35.0 Å². The molecule has 1 aromatic rings. The predicted molar refractivity (Wildman–Crippen MR) is 38.5 cm³/mol. The number of rotatable bonds is 1. The Kier molecular flexibility index (Phi) is 2.92. The number of halogens is 6. The fraction of sp³-hybridized carbons (Fsp3) is 0.375. The number of aryl methyl sites for hydroxylation is 1. The second-order valence-corrected chi connectivity index (χ2v) is 2.70. The number of nitrogens with zero attached hydrogens (tertiary/aromatic N) is 1. The summed E-state index contributed by atoms with van der Waals surface area (Å²) in [6, 6.07) is 0. The van der Waals surface area contributed by atoms with Gasteiger partial charge in [-0.25, -0.2) is 18.2 Å². The van der Waals surface area contributed by atoms with Crippen molar-refractivity contribution in [1.29, 1.82) is 0 Å². The number of aromatic nitrogens is 1. The van der Waals surface area contributed by atoms with Crippen molar-refractivity contribution in [1.82, 2.24) is 4.98 Å². The normalized spacial score (nSPS) is 11.9. The molecule has 0 spiro atoms. The summed E-state index contributed by atoms with van der Waals surface area (Å²) >= 11 is 0. The molecular weight excluding hydrogens is 224 g/mol. The third-order valence-corrected chi connectivity index (χ3v) is 1.70. The predicted octanol–water partition coefficient (Wildman–Crippen LogP) is 3.08. The zero-order valence-electron chi connectivity index (χ0n) is 7.42. The standard InChI is InChI=1S/C8H5F6N/c1-2-3-4(9)5(10)6(11)7(15-3)8(12,13)14/h2H2,1H3. The zero-order chi connectivity index (χ0) is 11.8. The molecule has 1 aromatic heterocycles. The second kappa shape index (κ2) is 3.71. The third kappa shape index (κ3) is 2.05. The van der Waals surface area contributed by atoms with Crippen LogP contribution in [0.5, 0.6) is 0 Å². The SMILES string of the molecule is CCc1nc(C(F)(F)F)c(F)c(F)c1F. The van der Waals surface area contributed by atoms with Gasteiger partial charge >= 0.3 is 6.18 Å². The highest BCUT2D eigenvalue weighted by Gasteiger charge is 2.39. The summed E-state index contributed by atoms with van der Waals surface area (Å²) in [5.74, 6) is -6.13. The maximum atomic E-state index is 12.8. The monoisotopic (exact) mass is 229 g/mol. The van der Waals surface area contributed by atoms with Gasteiger partial charge in [-0.05, 0) is 6.42 Å². The first-order valence-electron chi connectivity index (χ1n) is 3.89. The first-order chi connectivity index (χ1) is 6.79. The van der Waals surface area contributed by atoms with E-state index in [1.807, 2.05) is 0 Å². The lowest BCUT2D eigenvalue weighted by Gasteiger charge is -2.10. The maximum absolute atomic E-state index is 12.8. The average Bonchev–Trinajstić information content (AvgIpc) is 2.13. The van der Waals surface area contributed by atoms with Gasteiger partial charge in [0.05, 0.1) is 5.69 Å². The van der Waals surface area contributed by atoms with Crippen LogP contribution >= 0.6 is 0 Å². The molecule has 0 saturated heterocycles. The second-order valence-electron chi connectivity index (χ2n) is 2.70. The number of hydrogen-bond acceptors (Lipinski definition) is 1. The van der Waals surface area contributed by atoms with E-state index in [1.165, 1.54) is 6.92 Å². The molecule has 1 heterocycles. The van der Waals surface area contributed by atoms with Gasteiger partial charge < -0.3 is 0 Å². The van der Waals surface area contributed by atoms with Gasteiger partial charge in [-0.15, -0.1) is 0 Å². The summed E-state index contributed by atoms with van der Waals surface area (Å²) in [7, 11) is 0. The lowest BCUT2D eigenvalue weighted by Crippen LogP contribution is -2.16. The van der Waals surface area contributed by atoms with E-state index in [0.29, 0.717) is 0 Å². The third-order valence-electron chi connectivity index (χ3n) is 1.70. The topological polar surface area (TPSA) is 12.9 Å². The zero-order valence-corrected chi connectivity index (χ0v) is 7.42.